The maximum absolute atomic E-state index is 12.3. The van der Waals surface area contributed by atoms with Gasteiger partial charge in [-0.25, -0.2) is 0 Å². The van der Waals surface area contributed by atoms with Gasteiger partial charge in [0.15, 0.2) is 5.69 Å². The third-order valence-electron chi connectivity index (χ3n) is 3.31. The number of rotatable bonds is 7. The molecule has 2 heterocycles. The Bertz CT molecular complexity index is 716. The summed E-state index contributed by atoms with van der Waals surface area (Å²) in [6.45, 7) is 9.10. The number of carbonyl (C=O) groups is 2. The molecule has 0 radical (unpaired) electrons. The van der Waals surface area contributed by atoms with Crippen LogP contribution in [0, 0.1) is 12.8 Å². The van der Waals surface area contributed by atoms with E-state index in [4.69, 9.17) is 0 Å². The van der Waals surface area contributed by atoms with Crippen molar-refractivity contribution in [2.75, 3.05) is 11.9 Å². The van der Waals surface area contributed by atoms with Crippen molar-refractivity contribution in [2.24, 2.45) is 5.92 Å². The van der Waals surface area contributed by atoms with Crippen LogP contribution >= 0.6 is 0 Å². The predicted octanol–water partition coefficient (Wildman–Crippen LogP) is 1.43. The fourth-order valence-corrected chi connectivity index (χ4v) is 2.11. The van der Waals surface area contributed by atoms with Crippen molar-refractivity contribution >= 4 is 17.5 Å². The standard InChI is InChI=1S/C16H24N6O2/c1-5-21-9-13(15(20-21)16(24)17-6-11(2)3)19-14(23)10-22-8-12(4)7-18-22/h7-9,11H,5-6,10H2,1-4H3,(H,17,24)(H,19,23). The first-order chi connectivity index (χ1) is 11.4. The summed E-state index contributed by atoms with van der Waals surface area (Å²) in [7, 11) is 0. The van der Waals surface area contributed by atoms with Crippen LogP contribution in [-0.2, 0) is 17.9 Å². The summed E-state index contributed by atoms with van der Waals surface area (Å²) in [5.41, 5.74) is 1.62. The molecule has 8 nitrogen and oxygen atoms in total. The van der Waals surface area contributed by atoms with Crippen molar-refractivity contribution in [1.82, 2.24) is 24.9 Å². The van der Waals surface area contributed by atoms with Crippen molar-refractivity contribution in [3.63, 3.8) is 0 Å². The first-order valence-electron chi connectivity index (χ1n) is 8.03. The maximum Gasteiger partial charge on any atom is 0.273 e. The predicted molar refractivity (Wildman–Crippen MR) is 90.7 cm³/mol. The van der Waals surface area contributed by atoms with Crippen LogP contribution < -0.4 is 10.6 Å². The third-order valence-corrected chi connectivity index (χ3v) is 3.31. The molecule has 0 aliphatic rings. The van der Waals surface area contributed by atoms with E-state index < -0.39 is 0 Å². The number of carbonyl (C=O) groups excluding carboxylic acids is 2. The Morgan fingerprint density at radius 3 is 2.58 bits per heavy atom. The molecule has 0 bridgehead atoms. The Hall–Kier alpha value is -2.64. The van der Waals surface area contributed by atoms with E-state index in [0.29, 0.717) is 24.7 Å². The Morgan fingerprint density at radius 1 is 1.25 bits per heavy atom. The minimum absolute atomic E-state index is 0.0815. The van der Waals surface area contributed by atoms with Gasteiger partial charge in [0.1, 0.15) is 6.54 Å². The van der Waals surface area contributed by atoms with E-state index in [9.17, 15) is 9.59 Å². The summed E-state index contributed by atoms with van der Waals surface area (Å²) in [5, 5.41) is 13.9. The Labute approximate surface area is 141 Å². The van der Waals surface area contributed by atoms with Gasteiger partial charge in [-0.2, -0.15) is 10.2 Å². The number of nitrogens with one attached hydrogen (secondary N) is 2. The van der Waals surface area contributed by atoms with Crippen LogP contribution in [0.25, 0.3) is 0 Å². The van der Waals surface area contributed by atoms with Gasteiger partial charge in [0.05, 0.1) is 11.9 Å². The number of nitrogens with zero attached hydrogens (tertiary/aromatic N) is 4. The summed E-state index contributed by atoms with van der Waals surface area (Å²) in [4.78, 5) is 24.5. The van der Waals surface area contributed by atoms with Crippen LogP contribution in [0.3, 0.4) is 0 Å². The molecule has 0 saturated heterocycles. The summed E-state index contributed by atoms with van der Waals surface area (Å²) in [6.07, 6.45) is 5.13. The number of aromatic nitrogens is 4. The topological polar surface area (TPSA) is 93.8 Å². The molecule has 2 amide bonds. The van der Waals surface area contributed by atoms with Crippen LogP contribution in [-0.4, -0.2) is 37.9 Å². The van der Waals surface area contributed by atoms with Crippen molar-refractivity contribution in [1.29, 1.82) is 0 Å². The van der Waals surface area contributed by atoms with Gasteiger partial charge in [0.25, 0.3) is 5.91 Å². The summed E-state index contributed by atoms with van der Waals surface area (Å²) < 4.78 is 3.17. The average Bonchev–Trinajstić information content (AvgIpc) is 3.11. The number of amides is 2. The first-order valence-corrected chi connectivity index (χ1v) is 8.03. The lowest BCUT2D eigenvalue weighted by molar-refractivity contribution is -0.116. The number of hydrogen-bond acceptors (Lipinski definition) is 4. The molecule has 2 N–H and O–H groups in total. The van der Waals surface area contributed by atoms with Crippen LogP contribution in [0.4, 0.5) is 5.69 Å². The van der Waals surface area contributed by atoms with E-state index in [1.165, 1.54) is 0 Å². The second kappa shape index (κ2) is 7.76. The molecule has 0 atom stereocenters. The van der Waals surface area contributed by atoms with E-state index in [-0.39, 0.29) is 24.1 Å². The molecule has 8 heteroatoms. The molecule has 0 unspecified atom stereocenters. The van der Waals surface area contributed by atoms with Gasteiger partial charge in [-0.05, 0) is 25.3 Å². The zero-order chi connectivity index (χ0) is 17.7. The summed E-state index contributed by atoms with van der Waals surface area (Å²) in [6, 6.07) is 0. The molecule has 0 aliphatic carbocycles. The maximum atomic E-state index is 12.3. The highest BCUT2D eigenvalue weighted by Gasteiger charge is 2.18. The lowest BCUT2D eigenvalue weighted by Crippen LogP contribution is -2.29. The van der Waals surface area contributed by atoms with Crippen molar-refractivity contribution in [3.05, 3.63) is 29.8 Å². The van der Waals surface area contributed by atoms with E-state index in [1.54, 1.807) is 28.0 Å². The van der Waals surface area contributed by atoms with Gasteiger partial charge in [0.2, 0.25) is 5.91 Å². The Morgan fingerprint density at radius 2 is 2.00 bits per heavy atom. The van der Waals surface area contributed by atoms with Crippen LogP contribution in [0.15, 0.2) is 18.6 Å². The number of anilines is 1. The highest BCUT2D eigenvalue weighted by molar-refractivity contribution is 6.02. The van der Waals surface area contributed by atoms with E-state index >= 15 is 0 Å². The largest absolute Gasteiger partial charge is 0.350 e. The van der Waals surface area contributed by atoms with Crippen LogP contribution in [0.1, 0.15) is 36.8 Å². The van der Waals surface area contributed by atoms with Crippen molar-refractivity contribution in [3.8, 4) is 0 Å². The highest BCUT2D eigenvalue weighted by Crippen LogP contribution is 2.14. The van der Waals surface area contributed by atoms with E-state index in [1.807, 2.05) is 27.7 Å². The van der Waals surface area contributed by atoms with Gasteiger partial charge in [-0.15, -0.1) is 0 Å². The molecule has 24 heavy (non-hydrogen) atoms. The quantitative estimate of drug-likeness (QED) is 0.802. The molecular weight excluding hydrogens is 308 g/mol. The van der Waals surface area contributed by atoms with Gasteiger partial charge in [0, 0.05) is 25.5 Å². The normalized spacial score (nSPS) is 10.9. The molecule has 0 saturated carbocycles. The van der Waals surface area contributed by atoms with Gasteiger partial charge in [-0.3, -0.25) is 19.0 Å². The second-order valence-corrected chi connectivity index (χ2v) is 6.11. The lowest BCUT2D eigenvalue weighted by Gasteiger charge is -2.08. The molecule has 0 aromatic carbocycles. The molecule has 0 aliphatic heterocycles. The highest BCUT2D eigenvalue weighted by atomic mass is 16.2. The molecule has 2 rings (SSSR count). The minimum atomic E-state index is -0.291. The smallest absolute Gasteiger partial charge is 0.273 e. The average molecular weight is 332 g/mol. The summed E-state index contributed by atoms with van der Waals surface area (Å²) in [5.74, 6) is -0.212. The van der Waals surface area contributed by atoms with Gasteiger partial charge < -0.3 is 10.6 Å². The molecule has 0 spiro atoms. The fourth-order valence-electron chi connectivity index (χ4n) is 2.11. The van der Waals surface area contributed by atoms with Crippen LogP contribution in [0.5, 0.6) is 0 Å². The van der Waals surface area contributed by atoms with Gasteiger partial charge >= 0.3 is 0 Å². The number of aryl methyl sites for hydroxylation is 2. The van der Waals surface area contributed by atoms with E-state index in [2.05, 4.69) is 20.8 Å². The minimum Gasteiger partial charge on any atom is -0.350 e. The Balaban J connectivity index is 2.09. The molecule has 2 aromatic rings. The third kappa shape index (κ3) is 4.68. The number of hydrogen-bond donors (Lipinski definition) is 2. The van der Waals surface area contributed by atoms with Crippen LogP contribution in [0.2, 0.25) is 0 Å². The zero-order valence-corrected chi connectivity index (χ0v) is 14.5. The molecule has 2 aromatic heterocycles. The van der Waals surface area contributed by atoms with Crippen molar-refractivity contribution in [2.45, 2.75) is 40.8 Å². The Kier molecular flexibility index (Phi) is 5.73. The first kappa shape index (κ1) is 17.7. The second-order valence-electron chi connectivity index (χ2n) is 6.11. The monoisotopic (exact) mass is 332 g/mol. The SMILES string of the molecule is CCn1cc(NC(=O)Cn2cc(C)cn2)c(C(=O)NCC(C)C)n1. The zero-order valence-electron chi connectivity index (χ0n) is 14.5. The summed E-state index contributed by atoms with van der Waals surface area (Å²) >= 11 is 0. The molecule has 0 fully saturated rings. The fraction of sp³-hybridized carbons (Fsp3) is 0.500. The van der Waals surface area contributed by atoms with E-state index in [0.717, 1.165) is 5.56 Å². The molecular formula is C16H24N6O2. The van der Waals surface area contributed by atoms with Gasteiger partial charge in [-0.1, -0.05) is 13.8 Å². The van der Waals surface area contributed by atoms with Crippen molar-refractivity contribution < 1.29 is 9.59 Å². The molecule has 130 valence electrons. The lowest BCUT2D eigenvalue weighted by atomic mass is 10.2.